The fraction of sp³-hybridized carbons (Fsp3) is 0.857. The molecule has 22 heavy (non-hydrogen) atoms. The van der Waals surface area contributed by atoms with Crippen LogP contribution >= 0.6 is 11.7 Å². The highest BCUT2D eigenvalue weighted by molar-refractivity contribution is 6.99. The predicted molar refractivity (Wildman–Crippen MR) is 84.6 cm³/mol. The van der Waals surface area contributed by atoms with Crippen LogP contribution < -0.4 is 9.64 Å². The van der Waals surface area contributed by atoms with Crippen LogP contribution in [-0.2, 0) is 9.47 Å². The molecule has 0 saturated carbocycles. The Labute approximate surface area is 135 Å². The third-order valence-electron chi connectivity index (χ3n) is 4.00. The smallest absolute Gasteiger partial charge is 0.270 e. The van der Waals surface area contributed by atoms with Gasteiger partial charge in [-0.05, 0) is 20.8 Å². The molecule has 1 atom stereocenters. The number of nitrogens with zero attached hydrogens (tertiary/aromatic N) is 4. The Hall–Kier alpha value is -0.960. The summed E-state index contributed by atoms with van der Waals surface area (Å²) in [5.41, 5.74) is 0.121. The number of aromatic nitrogens is 2. The van der Waals surface area contributed by atoms with Crippen molar-refractivity contribution in [2.75, 3.05) is 51.1 Å². The maximum absolute atomic E-state index is 5.88. The lowest BCUT2D eigenvalue weighted by Crippen LogP contribution is -2.40. The average Bonchev–Trinajstić information content (AvgIpc) is 3.14. The van der Waals surface area contributed by atoms with E-state index in [1.54, 1.807) is 0 Å². The third kappa shape index (κ3) is 3.68. The van der Waals surface area contributed by atoms with Gasteiger partial charge in [-0.15, -0.1) is 4.37 Å². The van der Waals surface area contributed by atoms with Crippen LogP contribution in [0.3, 0.4) is 0 Å². The van der Waals surface area contributed by atoms with Gasteiger partial charge in [-0.1, -0.05) is 0 Å². The van der Waals surface area contributed by atoms with Crippen molar-refractivity contribution in [3.63, 3.8) is 0 Å². The number of ether oxygens (including phenoxy) is 3. The Balaban J connectivity index is 1.53. The molecule has 0 spiro atoms. The van der Waals surface area contributed by atoms with E-state index in [1.807, 2.05) is 0 Å². The fourth-order valence-electron chi connectivity index (χ4n) is 2.52. The summed E-state index contributed by atoms with van der Waals surface area (Å²) in [5.74, 6) is 1.45. The van der Waals surface area contributed by atoms with Crippen LogP contribution in [0.5, 0.6) is 5.88 Å². The van der Waals surface area contributed by atoms with Crippen molar-refractivity contribution in [1.29, 1.82) is 0 Å². The van der Waals surface area contributed by atoms with Crippen molar-refractivity contribution >= 4 is 17.5 Å². The molecule has 0 radical (unpaired) electrons. The van der Waals surface area contributed by atoms with Gasteiger partial charge in [0.15, 0.2) is 0 Å². The Bertz CT molecular complexity index is 485. The van der Waals surface area contributed by atoms with E-state index in [9.17, 15) is 0 Å². The lowest BCUT2D eigenvalue weighted by atomic mass is 10.1. The average molecular weight is 328 g/mol. The Morgan fingerprint density at radius 3 is 2.73 bits per heavy atom. The predicted octanol–water partition coefficient (Wildman–Crippen LogP) is 1.21. The minimum Gasteiger partial charge on any atom is -0.472 e. The highest BCUT2D eigenvalue weighted by Gasteiger charge is 2.31. The van der Waals surface area contributed by atoms with Gasteiger partial charge in [0, 0.05) is 25.2 Å². The van der Waals surface area contributed by atoms with Gasteiger partial charge in [-0.25, -0.2) is 0 Å². The number of anilines is 1. The van der Waals surface area contributed by atoms with E-state index >= 15 is 0 Å². The van der Waals surface area contributed by atoms with E-state index < -0.39 is 0 Å². The molecule has 2 saturated heterocycles. The second kappa shape index (κ2) is 6.66. The summed E-state index contributed by atoms with van der Waals surface area (Å²) in [6, 6.07) is 0. The highest BCUT2D eigenvalue weighted by atomic mass is 32.1. The molecule has 2 aliphatic rings. The zero-order chi connectivity index (χ0) is 15.6. The van der Waals surface area contributed by atoms with Gasteiger partial charge in [0.1, 0.15) is 19.4 Å². The first kappa shape index (κ1) is 15.9. The first-order valence-corrected chi connectivity index (χ1v) is 8.42. The zero-order valence-corrected chi connectivity index (χ0v) is 14.3. The summed E-state index contributed by atoms with van der Waals surface area (Å²) >= 11 is 1.19. The van der Waals surface area contributed by atoms with E-state index in [2.05, 4.69) is 39.3 Å². The van der Waals surface area contributed by atoms with Crippen molar-refractivity contribution in [3.05, 3.63) is 0 Å². The summed E-state index contributed by atoms with van der Waals surface area (Å²) in [4.78, 5) is 4.47. The molecule has 1 unspecified atom stereocenters. The van der Waals surface area contributed by atoms with Crippen LogP contribution in [0, 0.1) is 0 Å². The Morgan fingerprint density at radius 2 is 2.05 bits per heavy atom. The quantitative estimate of drug-likeness (QED) is 0.823. The summed E-state index contributed by atoms with van der Waals surface area (Å²) in [7, 11) is 0. The number of morpholine rings is 1. The van der Waals surface area contributed by atoms with Gasteiger partial charge in [0.2, 0.25) is 5.82 Å². The van der Waals surface area contributed by atoms with Gasteiger partial charge in [-0.3, -0.25) is 4.90 Å². The summed E-state index contributed by atoms with van der Waals surface area (Å²) in [6.45, 7) is 11.7. The minimum atomic E-state index is 0.0819. The molecule has 2 aliphatic heterocycles. The number of hydrogen-bond acceptors (Lipinski definition) is 8. The third-order valence-corrected chi connectivity index (χ3v) is 4.50. The second-order valence-electron chi connectivity index (χ2n) is 6.61. The Morgan fingerprint density at radius 1 is 1.27 bits per heavy atom. The van der Waals surface area contributed by atoms with Crippen LogP contribution in [-0.4, -0.2) is 71.5 Å². The maximum Gasteiger partial charge on any atom is 0.270 e. The van der Waals surface area contributed by atoms with Crippen LogP contribution in [0.1, 0.15) is 20.8 Å². The second-order valence-corrected chi connectivity index (χ2v) is 7.14. The van der Waals surface area contributed by atoms with Crippen LogP contribution in [0.2, 0.25) is 0 Å². The molecule has 0 bridgehead atoms. The van der Waals surface area contributed by atoms with Crippen molar-refractivity contribution in [1.82, 2.24) is 13.6 Å². The van der Waals surface area contributed by atoms with Crippen LogP contribution in [0.25, 0.3) is 0 Å². The Kier molecular flexibility index (Phi) is 4.82. The molecule has 3 heterocycles. The molecule has 1 aromatic heterocycles. The molecule has 0 N–H and O–H groups in total. The number of hydrogen-bond donors (Lipinski definition) is 0. The van der Waals surface area contributed by atoms with Crippen LogP contribution in [0.4, 0.5) is 5.82 Å². The van der Waals surface area contributed by atoms with E-state index in [4.69, 9.17) is 14.2 Å². The van der Waals surface area contributed by atoms with Gasteiger partial charge in [-0.2, -0.15) is 4.37 Å². The van der Waals surface area contributed by atoms with E-state index in [0.29, 0.717) is 19.2 Å². The van der Waals surface area contributed by atoms with Crippen molar-refractivity contribution in [2.45, 2.75) is 32.4 Å². The lowest BCUT2D eigenvalue weighted by molar-refractivity contribution is 0.0424. The van der Waals surface area contributed by atoms with Crippen molar-refractivity contribution < 1.29 is 14.2 Å². The fourth-order valence-corrected chi connectivity index (χ4v) is 3.04. The molecule has 1 aromatic rings. The van der Waals surface area contributed by atoms with Crippen molar-refractivity contribution in [3.8, 4) is 5.88 Å². The monoisotopic (exact) mass is 328 g/mol. The molecule has 124 valence electrons. The summed E-state index contributed by atoms with van der Waals surface area (Å²) < 4.78 is 25.7. The number of rotatable bonds is 4. The van der Waals surface area contributed by atoms with Crippen molar-refractivity contribution in [2.24, 2.45) is 0 Å². The molecule has 8 heteroatoms. The lowest BCUT2D eigenvalue weighted by Gasteiger charge is -2.29. The first-order chi connectivity index (χ1) is 10.5. The van der Waals surface area contributed by atoms with Gasteiger partial charge in [0.05, 0.1) is 24.9 Å². The SMILES string of the molecule is CC(C)(C)N1COC(COc2nsnc2N2CCOCC2)C1. The van der Waals surface area contributed by atoms with E-state index in [1.165, 1.54) is 11.7 Å². The molecule has 7 nitrogen and oxygen atoms in total. The van der Waals surface area contributed by atoms with E-state index in [0.717, 1.165) is 38.7 Å². The highest BCUT2D eigenvalue weighted by Crippen LogP contribution is 2.27. The van der Waals surface area contributed by atoms with Gasteiger partial charge in [0.25, 0.3) is 5.88 Å². The molecule has 3 rings (SSSR count). The molecule has 0 amide bonds. The zero-order valence-electron chi connectivity index (χ0n) is 13.4. The molecular formula is C14H24N4O3S. The van der Waals surface area contributed by atoms with Gasteiger partial charge < -0.3 is 19.1 Å². The van der Waals surface area contributed by atoms with Crippen LogP contribution in [0.15, 0.2) is 0 Å². The topological polar surface area (TPSA) is 60.0 Å². The molecule has 0 aliphatic carbocycles. The van der Waals surface area contributed by atoms with E-state index in [-0.39, 0.29) is 11.6 Å². The summed E-state index contributed by atoms with van der Waals surface area (Å²) in [5, 5.41) is 0. The minimum absolute atomic E-state index is 0.0819. The molecule has 0 aromatic carbocycles. The molecular weight excluding hydrogens is 304 g/mol. The normalized spacial score (nSPS) is 24.0. The van der Waals surface area contributed by atoms with Gasteiger partial charge >= 0.3 is 0 Å². The summed E-state index contributed by atoms with van der Waals surface area (Å²) in [6.07, 6.45) is 0.0819. The standard InChI is InChI=1S/C14H24N4O3S/c1-14(2,3)18-8-11(21-10-18)9-20-13-12(15-22-16-13)17-4-6-19-7-5-17/h11H,4-10H2,1-3H3. The largest absolute Gasteiger partial charge is 0.472 e. The maximum atomic E-state index is 5.88. The first-order valence-electron chi connectivity index (χ1n) is 7.69. The molecule has 2 fully saturated rings.